The van der Waals surface area contributed by atoms with Gasteiger partial charge in [-0.05, 0) is 12.1 Å². The van der Waals surface area contributed by atoms with Crippen molar-refractivity contribution >= 4 is 15.7 Å². The number of nitrogen functional groups attached to an aromatic ring is 1. The second-order valence-electron chi connectivity index (χ2n) is 3.73. The predicted molar refractivity (Wildman–Crippen MR) is 69.1 cm³/mol. The molecule has 0 aromatic heterocycles. The van der Waals surface area contributed by atoms with Crippen LogP contribution < -0.4 is 10.5 Å². The van der Waals surface area contributed by atoms with Gasteiger partial charge in [0.25, 0.3) is 0 Å². The summed E-state index contributed by atoms with van der Waals surface area (Å²) in [5.74, 6) is 0.235. The van der Waals surface area contributed by atoms with Crippen molar-refractivity contribution in [1.29, 1.82) is 0 Å². The number of benzene rings is 1. The minimum atomic E-state index is -3.60. The number of methoxy groups -OCH3 is 2. The fourth-order valence-corrected chi connectivity index (χ4v) is 2.69. The molecule has 0 saturated carbocycles. The molecule has 0 amide bonds. The molecule has 1 aromatic carbocycles. The van der Waals surface area contributed by atoms with Crippen LogP contribution in [0.25, 0.3) is 0 Å². The van der Waals surface area contributed by atoms with E-state index in [1.807, 2.05) is 0 Å². The van der Waals surface area contributed by atoms with E-state index in [4.69, 9.17) is 15.2 Å². The molecule has 0 saturated heterocycles. The molecule has 0 heterocycles. The third kappa shape index (κ3) is 3.12. The first-order chi connectivity index (χ1) is 8.43. The molecule has 6 nitrogen and oxygen atoms in total. The molecule has 2 N–H and O–H groups in total. The highest BCUT2D eigenvalue weighted by molar-refractivity contribution is 7.89. The second-order valence-corrected chi connectivity index (χ2v) is 5.74. The van der Waals surface area contributed by atoms with Crippen LogP contribution in [0.3, 0.4) is 0 Å². The lowest BCUT2D eigenvalue weighted by Crippen LogP contribution is -2.30. The van der Waals surface area contributed by atoms with Gasteiger partial charge in [-0.2, -0.15) is 4.31 Å². The van der Waals surface area contributed by atoms with Gasteiger partial charge in [0.05, 0.1) is 13.7 Å². The van der Waals surface area contributed by atoms with Gasteiger partial charge < -0.3 is 15.2 Å². The lowest BCUT2D eigenvalue weighted by Gasteiger charge is -2.18. The van der Waals surface area contributed by atoms with Crippen LogP contribution in [0.2, 0.25) is 0 Å². The molecule has 0 aliphatic heterocycles. The van der Waals surface area contributed by atoms with Crippen molar-refractivity contribution in [2.45, 2.75) is 4.90 Å². The largest absolute Gasteiger partial charge is 0.495 e. The third-order valence-corrected chi connectivity index (χ3v) is 4.38. The van der Waals surface area contributed by atoms with E-state index in [1.54, 1.807) is 0 Å². The van der Waals surface area contributed by atoms with Gasteiger partial charge in [-0.3, -0.25) is 0 Å². The zero-order valence-electron chi connectivity index (χ0n) is 10.7. The highest BCUT2D eigenvalue weighted by atomic mass is 32.2. The monoisotopic (exact) mass is 274 g/mol. The van der Waals surface area contributed by atoms with Crippen molar-refractivity contribution in [3.63, 3.8) is 0 Å². The minimum Gasteiger partial charge on any atom is -0.495 e. The maximum atomic E-state index is 12.3. The van der Waals surface area contributed by atoms with Crippen LogP contribution in [-0.2, 0) is 14.8 Å². The number of sulfonamides is 1. The number of ether oxygens (including phenoxy) is 2. The van der Waals surface area contributed by atoms with E-state index in [0.29, 0.717) is 12.3 Å². The van der Waals surface area contributed by atoms with Crippen LogP contribution in [-0.4, -0.2) is 47.1 Å². The van der Waals surface area contributed by atoms with Gasteiger partial charge in [-0.1, -0.05) is 0 Å². The van der Waals surface area contributed by atoms with E-state index in [1.165, 1.54) is 43.8 Å². The van der Waals surface area contributed by atoms with Gasteiger partial charge in [-0.25, -0.2) is 8.42 Å². The topological polar surface area (TPSA) is 81.9 Å². The number of likely N-dealkylation sites (N-methyl/N-ethyl adjacent to an activating group) is 1. The average molecular weight is 274 g/mol. The van der Waals surface area contributed by atoms with Crippen molar-refractivity contribution < 1.29 is 17.9 Å². The first kappa shape index (κ1) is 14.7. The van der Waals surface area contributed by atoms with E-state index in [2.05, 4.69) is 0 Å². The van der Waals surface area contributed by atoms with Gasteiger partial charge in [0.1, 0.15) is 10.6 Å². The Balaban J connectivity index is 3.12. The third-order valence-electron chi connectivity index (χ3n) is 2.49. The van der Waals surface area contributed by atoms with Crippen molar-refractivity contribution in [2.24, 2.45) is 0 Å². The quantitative estimate of drug-likeness (QED) is 0.766. The van der Waals surface area contributed by atoms with E-state index in [-0.39, 0.29) is 17.2 Å². The predicted octanol–water partition coefficient (Wildman–Crippen LogP) is 0.544. The molecule has 0 atom stereocenters. The van der Waals surface area contributed by atoms with Crippen molar-refractivity contribution in [2.75, 3.05) is 40.2 Å². The highest BCUT2D eigenvalue weighted by Crippen LogP contribution is 2.27. The lowest BCUT2D eigenvalue weighted by atomic mass is 10.3. The molecule has 0 aliphatic rings. The molecule has 0 fully saturated rings. The summed E-state index contributed by atoms with van der Waals surface area (Å²) in [6.07, 6.45) is 0. The van der Waals surface area contributed by atoms with Gasteiger partial charge in [-0.15, -0.1) is 0 Å². The Morgan fingerprint density at radius 2 is 2.00 bits per heavy atom. The Morgan fingerprint density at radius 3 is 2.56 bits per heavy atom. The molecule has 0 radical (unpaired) electrons. The highest BCUT2D eigenvalue weighted by Gasteiger charge is 2.24. The smallest absolute Gasteiger partial charge is 0.246 e. The second kappa shape index (κ2) is 6.03. The van der Waals surface area contributed by atoms with E-state index in [0.717, 1.165) is 0 Å². The molecule has 0 bridgehead atoms. The number of hydrogen-bond acceptors (Lipinski definition) is 5. The number of anilines is 1. The standard InChI is InChI=1S/C11H18N2O4S/c1-13(6-7-16-2)18(14,15)11-5-4-9(12)8-10(11)17-3/h4-5,8H,6-7,12H2,1-3H3. The van der Waals surface area contributed by atoms with Crippen molar-refractivity contribution in [1.82, 2.24) is 4.31 Å². The fraction of sp³-hybridized carbons (Fsp3) is 0.455. The Hall–Kier alpha value is -1.31. The van der Waals surface area contributed by atoms with E-state index >= 15 is 0 Å². The maximum Gasteiger partial charge on any atom is 0.246 e. The SMILES string of the molecule is COCCN(C)S(=O)(=O)c1ccc(N)cc1OC. The summed E-state index contributed by atoms with van der Waals surface area (Å²) in [7, 11) is 0.816. The Kier molecular flexibility index (Phi) is 4.94. The molecule has 0 aliphatic carbocycles. The lowest BCUT2D eigenvalue weighted by molar-refractivity contribution is 0.185. The molecular formula is C11H18N2O4S. The van der Waals surface area contributed by atoms with Crippen LogP contribution in [0.15, 0.2) is 23.1 Å². The summed E-state index contributed by atoms with van der Waals surface area (Å²) in [6.45, 7) is 0.597. The van der Waals surface area contributed by atoms with Crippen molar-refractivity contribution in [3.05, 3.63) is 18.2 Å². The molecule has 1 aromatic rings. The van der Waals surface area contributed by atoms with Gasteiger partial charge >= 0.3 is 0 Å². The minimum absolute atomic E-state index is 0.0952. The molecule has 18 heavy (non-hydrogen) atoms. The summed E-state index contributed by atoms with van der Waals surface area (Å²) in [6, 6.07) is 4.45. The van der Waals surface area contributed by atoms with Crippen LogP contribution in [0, 0.1) is 0 Å². The summed E-state index contributed by atoms with van der Waals surface area (Å²) in [4.78, 5) is 0.0952. The molecular weight excluding hydrogens is 256 g/mol. The number of nitrogens with zero attached hydrogens (tertiary/aromatic N) is 1. The van der Waals surface area contributed by atoms with Crippen LogP contribution in [0.5, 0.6) is 5.75 Å². The number of nitrogens with two attached hydrogens (primary N) is 1. The molecule has 0 spiro atoms. The first-order valence-electron chi connectivity index (χ1n) is 5.32. The number of rotatable bonds is 6. The summed E-state index contributed by atoms with van der Waals surface area (Å²) in [5.41, 5.74) is 6.04. The molecule has 102 valence electrons. The van der Waals surface area contributed by atoms with Gasteiger partial charge in [0.2, 0.25) is 10.0 Å². The van der Waals surface area contributed by atoms with Crippen LogP contribution in [0.1, 0.15) is 0 Å². The van der Waals surface area contributed by atoms with Crippen LogP contribution in [0.4, 0.5) is 5.69 Å². The molecule has 0 unspecified atom stereocenters. The Morgan fingerprint density at radius 1 is 1.33 bits per heavy atom. The van der Waals surface area contributed by atoms with E-state index in [9.17, 15) is 8.42 Å². The fourth-order valence-electron chi connectivity index (χ4n) is 1.41. The molecule has 1 rings (SSSR count). The normalized spacial score (nSPS) is 11.8. The summed E-state index contributed by atoms with van der Waals surface area (Å²) in [5, 5.41) is 0. The number of hydrogen-bond donors (Lipinski definition) is 1. The Labute approximate surface area is 107 Å². The zero-order valence-corrected chi connectivity index (χ0v) is 11.5. The summed E-state index contributed by atoms with van der Waals surface area (Å²) < 4.78 is 35.7. The van der Waals surface area contributed by atoms with E-state index < -0.39 is 10.0 Å². The first-order valence-corrected chi connectivity index (χ1v) is 6.76. The van der Waals surface area contributed by atoms with Gasteiger partial charge in [0, 0.05) is 32.5 Å². The maximum absolute atomic E-state index is 12.3. The Bertz CT molecular complexity index is 502. The van der Waals surface area contributed by atoms with Crippen LogP contribution >= 0.6 is 0 Å². The van der Waals surface area contributed by atoms with Gasteiger partial charge in [0.15, 0.2) is 0 Å². The zero-order chi connectivity index (χ0) is 13.8. The average Bonchev–Trinajstić information content (AvgIpc) is 2.35. The molecule has 7 heteroatoms. The summed E-state index contributed by atoms with van der Waals surface area (Å²) >= 11 is 0. The van der Waals surface area contributed by atoms with Crippen molar-refractivity contribution in [3.8, 4) is 5.75 Å².